The van der Waals surface area contributed by atoms with Gasteiger partial charge in [-0.15, -0.1) is 0 Å². The molecule has 0 atom stereocenters. The van der Waals surface area contributed by atoms with Crippen molar-refractivity contribution < 1.29 is 19.1 Å². The molecule has 2 rings (SSSR count). The van der Waals surface area contributed by atoms with Gasteiger partial charge >= 0.3 is 5.97 Å². The summed E-state index contributed by atoms with van der Waals surface area (Å²) < 4.78 is 9.94. The monoisotopic (exact) mass is 262 g/mol. The molecule has 4 nitrogen and oxygen atoms in total. The lowest BCUT2D eigenvalue weighted by atomic mass is 9.83. The van der Waals surface area contributed by atoms with Crippen molar-refractivity contribution in [2.45, 2.75) is 31.6 Å². The van der Waals surface area contributed by atoms with Crippen LogP contribution in [-0.4, -0.2) is 26.0 Å². The van der Waals surface area contributed by atoms with Crippen molar-refractivity contribution in [3.05, 3.63) is 29.3 Å². The fraction of sp³-hybridized carbons (Fsp3) is 0.467. The molecule has 0 heterocycles. The van der Waals surface area contributed by atoms with Crippen LogP contribution in [-0.2, 0) is 9.53 Å². The van der Waals surface area contributed by atoms with Crippen LogP contribution >= 0.6 is 0 Å². The van der Waals surface area contributed by atoms with Crippen molar-refractivity contribution in [2.24, 2.45) is 0 Å². The molecular formula is C15H18O4. The van der Waals surface area contributed by atoms with Gasteiger partial charge in [0.05, 0.1) is 14.2 Å². The number of hydrogen-bond donors (Lipinski definition) is 0. The smallest absolute Gasteiger partial charge is 0.341 e. The Morgan fingerprint density at radius 1 is 1.21 bits per heavy atom. The first kappa shape index (κ1) is 13.6. The quantitative estimate of drug-likeness (QED) is 0.786. The van der Waals surface area contributed by atoms with Crippen molar-refractivity contribution >= 4 is 11.8 Å². The lowest BCUT2D eigenvalue weighted by Gasteiger charge is -2.22. The minimum absolute atomic E-state index is 0.331. The van der Waals surface area contributed by atoms with E-state index in [4.69, 9.17) is 9.47 Å². The van der Waals surface area contributed by atoms with Crippen LogP contribution in [0.2, 0.25) is 0 Å². The third kappa shape index (κ3) is 2.95. The van der Waals surface area contributed by atoms with E-state index in [1.807, 2.05) is 12.1 Å². The molecule has 0 saturated heterocycles. The highest BCUT2D eigenvalue weighted by Crippen LogP contribution is 2.33. The molecule has 1 aromatic carbocycles. The third-order valence-electron chi connectivity index (χ3n) is 3.64. The van der Waals surface area contributed by atoms with Crippen LogP contribution < -0.4 is 4.74 Å². The van der Waals surface area contributed by atoms with Gasteiger partial charge < -0.3 is 9.47 Å². The Balaban J connectivity index is 2.27. The molecule has 102 valence electrons. The number of ether oxygens (including phenoxy) is 2. The molecule has 1 fully saturated rings. The summed E-state index contributed by atoms with van der Waals surface area (Å²) in [5.41, 5.74) is 1.52. The van der Waals surface area contributed by atoms with Crippen LogP contribution in [0.1, 0.15) is 47.5 Å². The topological polar surface area (TPSA) is 52.6 Å². The van der Waals surface area contributed by atoms with Crippen molar-refractivity contribution in [1.82, 2.24) is 0 Å². The summed E-state index contributed by atoms with van der Waals surface area (Å²) >= 11 is 0. The third-order valence-corrected chi connectivity index (χ3v) is 3.64. The Hall–Kier alpha value is -1.84. The normalized spacial score (nSPS) is 16.2. The number of carbonyl (C=O) groups is 2. The van der Waals surface area contributed by atoms with Crippen LogP contribution in [0.15, 0.2) is 18.2 Å². The summed E-state index contributed by atoms with van der Waals surface area (Å²) in [7, 11) is 2.88. The maximum atomic E-state index is 11.7. The van der Waals surface area contributed by atoms with Gasteiger partial charge in [-0.1, -0.05) is 6.07 Å². The van der Waals surface area contributed by atoms with E-state index >= 15 is 0 Å². The molecule has 4 heteroatoms. The van der Waals surface area contributed by atoms with E-state index in [-0.39, 0.29) is 0 Å². The largest absolute Gasteiger partial charge is 0.496 e. The zero-order valence-corrected chi connectivity index (χ0v) is 11.3. The molecule has 1 aromatic rings. The lowest BCUT2D eigenvalue weighted by molar-refractivity contribution is -0.120. The van der Waals surface area contributed by atoms with E-state index in [1.54, 1.807) is 6.07 Å². The number of esters is 1. The fourth-order valence-electron chi connectivity index (χ4n) is 2.52. The molecule has 0 spiro atoms. The molecule has 19 heavy (non-hydrogen) atoms. The van der Waals surface area contributed by atoms with Crippen molar-refractivity contribution in [2.75, 3.05) is 14.2 Å². The summed E-state index contributed by atoms with van der Waals surface area (Å²) in [5.74, 6) is 0.790. The van der Waals surface area contributed by atoms with E-state index < -0.39 is 5.97 Å². The Bertz CT molecular complexity index is 483. The summed E-state index contributed by atoms with van der Waals surface area (Å²) in [5, 5.41) is 0. The first-order valence-corrected chi connectivity index (χ1v) is 6.43. The zero-order chi connectivity index (χ0) is 13.8. The van der Waals surface area contributed by atoms with Crippen LogP contribution in [0, 0.1) is 0 Å². The van der Waals surface area contributed by atoms with Gasteiger partial charge in [-0.05, 0) is 36.5 Å². The number of rotatable bonds is 3. The summed E-state index contributed by atoms with van der Waals surface area (Å²) in [6, 6.07) is 5.58. The molecule has 0 unspecified atom stereocenters. The second-order valence-electron chi connectivity index (χ2n) is 4.76. The van der Waals surface area contributed by atoms with Gasteiger partial charge in [-0.3, -0.25) is 4.79 Å². The zero-order valence-electron chi connectivity index (χ0n) is 11.3. The molecule has 1 saturated carbocycles. The fourth-order valence-corrected chi connectivity index (χ4v) is 2.52. The SMILES string of the molecule is COC(=O)c1cc(C2CCC(=O)CC2)ccc1OC. The van der Waals surface area contributed by atoms with E-state index in [1.165, 1.54) is 14.2 Å². The minimum atomic E-state index is -0.398. The summed E-state index contributed by atoms with van der Waals surface area (Å²) in [6.45, 7) is 0. The molecule has 0 aromatic heterocycles. The van der Waals surface area contributed by atoms with Gasteiger partial charge in [0.1, 0.15) is 17.1 Å². The molecule has 0 amide bonds. The van der Waals surface area contributed by atoms with Crippen molar-refractivity contribution in [3.63, 3.8) is 0 Å². The van der Waals surface area contributed by atoms with Crippen molar-refractivity contribution in [3.8, 4) is 5.75 Å². The Morgan fingerprint density at radius 3 is 2.47 bits per heavy atom. The van der Waals surface area contributed by atoms with Crippen LogP contribution in [0.3, 0.4) is 0 Å². The Morgan fingerprint density at radius 2 is 1.89 bits per heavy atom. The molecule has 0 radical (unpaired) electrons. The van der Waals surface area contributed by atoms with Gasteiger partial charge in [0.25, 0.3) is 0 Å². The average Bonchev–Trinajstić information content (AvgIpc) is 2.46. The number of benzene rings is 1. The Labute approximate surface area is 112 Å². The summed E-state index contributed by atoms with van der Waals surface area (Å²) in [4.78, 5) is 23.0. The lowest BCUT2D eigenvalue weighted by Crippen LogP contribution is -2.13. The Kier molecular flexibility index (Phi) is 4.20. The maximum Gasteiger partial charge on any atom is 0.341 e. The number of Topliss-reactive ketones (excluding diaryl/α,β-unsaturated/α-hetero) is 1. The van der Waals surface area contributed by atoms with Crippen LogP contribution in [0.25, 0.3) is 0 Å². The molecule has 0 aliphatic heterocycles. The predicted molar refractivity (Wildman–Crippen MR) is 70.5 cm³/mol. The first-order chi connectivity index (χ1) is 9.15. The van der Waals surface area contributed by atoms with E-state index in [0.29, 0.717) is 35.9 Å². The van der Waals surface area contributed by atoms with Gasteiger partial charge in [0.15, 0.2) is 0 Å². The maximum absolute atomic E-state index is 11.7. The highest BCUT2D eigenvalue weighted by atomic mass is 16.5. The highest BCUT2D eigenvalue weighted by molar-refractivity contribution is 5.92. The number of hydrogen-bond acceptors (Lipinski definition) is 4. The molecule has 0 N–H and O–H groups in total. The van der Waals surface area contributed by atoms with Gasteiger partial charge in [-0.25, -0.2) is 4.79 Å². The van der Waals surface area contributed by atoms with Crippen molar-refractivity contribution in [1.29, 1.82) is 0 Å². The standard InChI is InChI=1S/C15H18O4/c1-18-14-8-5-11(9-13(14)15(17)19-2)10-3-6-12(16)7-4-10/h5,8-10H,3-4,6-7H2,1-2H3. The molecular weight excluding hydrogens is 244 g/mol. The molecule has 1 aliphatic carbocycles. The summed E-state index contributed by atoms with van der Waals surface area (Å²) in [6.07, 6.45) is 2.96. The van der Waals surface area contributed by atoms with Gasteiger partial charge in [-0.2, -0.15) is 0 Å². The van der Waals surface area contributed by atoms with Crippen LogP contribution in [0.4, 0.5) is 0 Å². The predicted octanol–water partition coefficient (Wildman–Crippen LogP) is 2.71. The van der Waals surface area contributed by atoms with Gasteiger partial charge in [0, 0.05) is 12.8 Å². The van der Waals surface area contributed by atoms with Gasteiger partial charge in [0.2, 0.25) is 0 Å². The molecule has 0 bridgehead atoms. The second kappa shape index (κ2) is 5.87. The number of carbonyl (C=O) groups excluding carboxylic acids is 2. The highest BCUT2D eigenvalue weighted by Gasteiger charge is 2.22. The van der Waals surface area contributed by atoms with Crippen LogP contribution in [0.5, 0.6) is 5.75 Å². The molecule has 1 aliphatic rings. The van der Waals surface area contributed by atoms with E-state index in [2.05, 4.69) is 0 Å². The average molecular weight is 262 g/mol. The minimum Gasteiger partial charge on any atom is -0.496 e. The number of ketones is 1. The van der Waals surface area contributed by atoms with E-state index in [0.717, 1.165) is 18.4 Å². The number of methoxy groups -OCH3 is 2. The van der Waals surface area contributed by atoms with E-state index in [9.17, 15) is 9.59 Å². The first-order valence-electron chi connectivity index (χ1n) is 6.43. The second-order valence-corrected chi connectivity index (χ2v) is 4.76.